The molecule has 2 aromatic rings. The first-order valence-electron chi connectivity index (χ1n) is 7.67. The van der Waals surface area contributed by atoms with Gasteiger partial charge in [-0.3, -0.25) is 4.79 Å². The van der Waals surface area contributed by atoms with E-state index in [2.05, 4.69) is 43.8 Å². The molecule has 0 aliphatic carbocycles. The number of carbonyl (C=O) groups is 1. The number of benzene rings is 2. The lowest BCUT2D eigenvalue weighted by molar-refractivity contribution is -0.112. The molecule has 0 saturated heterocycles. The number of rotatable bonds is 6. The summed E-state index contributed by atoms with van der Waals surface area (Å²) in [6.07, 6.45) is 3.17. The molecule has 0 radical (unpaired) electrons. The molecule has 0 aliphatic rings. The van der Waals surface area contributed by atoms with E-state index in [9.17, 15) is 10.1 Å². The summed E-state index contributed by atoms with van der Waals surface area (Å²) >= 11 is 6.87. The van der Waals surface area contributed by atoms with Gasteiger partial charge in [-0.25, -0.2) is 0 Å². The Bertz CT molecular complexity index is 891. The number of ether oxygens (including phenoxy) is 1. The number of nitrogens with one attached hydrogen (secondary N) is 1. The third-order valence-corrected chi connectivity index (χ3v) is 4.50. The normalized spacial score (nSPS) is 10.8. The molecule has 132 valence electrons. The second-order valence-electron chi connectivity index (χ2n) is 5.41. The van der Waals surface area contributed by atoms with Crippen LogP contribution in [0.3, 0.4) is 0 Å². The standard InChI is InChI=1S/C20H16Br2N2O2/c1-3-7-26-19-17(21)10-14(11-18(19)22)9-15(12-23)20(25)24-16-6-4-5-13(2)8-16/h3-6,8-11H,1,7H2,2H3,(H,24,25)/b15-9+. The van der Waals surface area contributed by atoms with Gasteiger partial charge in [-0.15, -0.1) is 0 Å². The van der Waals surface area contributed by atoms with Crippen molar-refractivity contribution in [2.75, 3.05) is 11.9 Å². The Labute approximate surface area is 169 Å². The van der Waals surface area contributed by atoms with Crippen LogP contribution >= 0.6 is 31.9 Å². The third-order valence-electron chi connectivity index (χ3n) is 3.32. The Kier molecular flexibility index (Phi) is 7.19. The quantitative estimate of drug-likeness (QED) is 0.334. The van der Waals surface area contributed by atoms with Crippen LogP contribution in [0.1, 0.15) is 11.1 Å². The molecule has 0 fully saturated rings. The van der Waals surface area contributed by atoms with Crippen molar-refractivity contribution in [2.45, 2.75) is 6.92 Å². The highest BCUT2D eigenvalue weighted by atomic mass is 79.9. The van der Waals surface area contributed by atoms with E-state index >= 15 is 0 Å². The number of carbonyl (C=O) groups excluding carboxylic acids is 1. The molecule has 1 N–H and O–H groups in total. The molecule has 0 spiro atoms. The van der Waals surface area contributed by atoms with Crippen molar-refractivity contribution >= 4 is 49.5 Å². The molecule has 0 aliphatic heterocycles. The van der Waals surface area contributed by atoms with Gasteiger partial charge in [0.1, 0.15) is 24.0 Å². The summed E-state index contributed by atoms with van der Waals surface area (Å²) in [4.78, 5) is 12.4. The number of amides is 1. The highest BCUT2D eigenvalue weighted by Gasteiger charge is 2.12. The molecule has 26 heavy (non-hydrogen) atoms. The summed E-state index contributed by atoms with van der Waals surface area (Å²) in [7, 11) is 0. The van der Waals surface area contributed by atoms with Gasteiger partial charge in [0.2, 0.25) is 0 Å². The van der Waals surface area contributed by atoms with E-state index in [0.29, 0.717) is 32.6 Å². The predicted molar refractivity (Wildman–Crippen MR) is 111 cm³/mol. The minimum Gasteiger partial charge on any atom is -0.487 e. The zero-order valence-electron chi connectivity index (χ0n) is 14.1. The second kappa shape index (κ2) is 9.37. The van der Waals surface area contributed by atoms with Crippen LogP contribution in [-0.2, 0) is 4.79 Å². The van der Waals surface area contributed by atoms with Gasteiger partial charge in [0.15, 0.2) is 0 Å². The van der Waals surface area contributed by atoms with Crippen LogP contribution in [0, 0.1) is 18.3 Å². The summed E-state index contributed by atoms with van der Waals surface area (Å²) in [5, 5.41) is 12.1. The van der Waals surface area contributed by atoms with Crippen molar-refractivity contribution in [2.24, 2.45) is 0 Å². The van der Waals surface area contributed by atoms with Gasteiger partial charge < -0.3 is 10.1 Å². The Morgan fingerprint density at radius 1 is 1.31 bits per heavy atom. The monoisotopic (exact) mass is 474 g/mol. The molecule has 0 atom stereocenters. The summed E-state index contributed by atoms with van der Waals surface area (Å²) < 4.78 is 6.97. The largest absolute Gasteiger partial charge is 0.487 e. The molecule has 6 heteroatoms. The van der Waals surface area contributed by atoms with Crippen molar-refractivity contribution in [3.8, 4) is 11.8 Å². The van der Waals surface area contributed by atoms with Gasteiger partial charge in [0, 0.05) is 5.69 Å². The molecular weight excluding hydrogens is 460 g/mol. The predicted octanol–water partition coefficient (Wildman–Crippen LogP) is 5.63. The summed E-state index contributed by atoms with van der Waals surface area (Å²) in [5.41, 5.74) is 2.36. The third kappa shape index (κ3) is 5.32. The van der Waals surface area contributed by atoms with Gasteiger partial charge in [-0.05, 0) is 80.3 Å². The van der Waals surface area contributed by atoms with Gasteiger partial charge in [0.05, 0.1) is 8.95 Å². The fourth-order valence-electron chi connectivity index (χ4n) is 2.18. The summed E-state index contributed by atoms with van der Waals surface area (Å²) in [6.45, 7) is 5.92. The average Bonchev–Trinajstić information content (AvgIpc) is 2.59. The molecule has 2 rings (SSSR count). The fourth-order valence-corrected chi connectivity index (χ4v) is 3.63. The fraction of sp³-hybridized carbons (Fsp3) is 0.100. The Balaban J connectivity index is 2.26. The molecule has 0 unspecified atom stereocenters. The molecule has 0 aromatic heterocycles. The number of nitrogens with zero attached hydrogens (tertiary/aromatic N) is 1. The van der Waals surface area contributed by atoms with Crippen LogP contribution in [0.15, 0.2) is 63.6 Å². The Morgan fingerprint density at radius 3 is 2.58 bits per heavy atom. The summed E-state index contributed by atoms with van der Waals surface area (Å²) in [6, 6.07) is 12.9. The average molecular weight is 476 g/mol. The second-order valence-corrected chi connectivity index (χ2v) is 7.12. The van der Waals surface area contributed by atoms with Crippen LogP contribution in [0.2, 0.25) is 0 Å². The van der Waals surface area contributed by atoms with Crippen LogP contribution in [0.4, 0.5) is 5.69 Å². The maximum Gasteiger partial charge on any atom is 0.266 e. The maximum absolute atomic E-state index is 12.4. The lowest BCUT2D eigenvalue weighted by Gasteiger charge is -2.10. The van der Waals surface area contributed by atoms with Crippen molar-refractivity contribution in [1.82, 2.24) is 0 Å². The topological polar surface area (TPSA) is 62.1 Å². The zero-order valence-corrected chi connectivity index (χ0v) is 17.2. The smallest absolute Gasteiger partial charge is 0.266 e. The summed E-state index contributed by atoms with van der Waals surface area (Å²) in [5.74, 6) is 0.169. The van der Waals surface area contributed by atoms with Gasteiger partial charge >= 0.3 is 0 Å². The number of hydrogen-bond donors (Lipinski definition) is 1. The van der Waals surface area contributed by atoms with E-state index < -0.39 is 5.91 Å². The molecule has 0 saturated carbocycles. The van der Waals surface area contributed by atoms with Crippen molar-refractivity contribution in [3.63, 3.8) is 0 Å². The first-order chi connectivity index (χ1) is 12.4. The van der Waals surface area contributed by atoms with E-state index in [1.165, 1.54) is 6.08 Å². The molecule has 0 heterocycles. The van der Waals surface area contributed by atoms with Gasteiger partial charge in [-0.2, -0.15) is 5.26 Å². The van der Waals surface area contributed by atoms with E-state index in [1.807, 2.05) is 31.2 Å². The lowest BCUT2D eigenvalue weighted by atomic mass is 10.1. The van der Waals surface area contributed by atoms with Crippen LogP contribution in [0.5, 0.6) is 5.75 Å². The van der Waals surface area contributed by atoms with Gasteiger partial charge in [-0.1, -0.05) is 24.8 Å². The lowest BCUT2D eigenvalue weighted by Crippen LogP contribution is -2.13. The first kappa shape index (κ1) is 20.0. The molecule has 4 nitrogen and oxygen atoms in total. The van der Waals surface area contributed by atoms with Crippen LogP contribution in [0.25, 0.3) is 6.08 Å². The van der Waals surface area contributed by atoms with Crippen molar-refractivity contribution in [1.29, 1.82) is 5.26 Å². The SMILES string of the molecule is C=CCOc1c(Br)cc(/C=C(\C#N)C(=O)Nc2cccc(C)c2)cc1Br. The number of aryl methyl sites for hydroxylation is 1. The number of halogens is 2. The van der Waals surface area contributed by atoms with Crippen molar-refractivity contribution < 1.29 is 9.53 Å². The number of nitriles is 1. The number of hydrogen-bond acceptors (Lipinski definition) is 3. The molecular formula is C20H16Br2N2O2. The molecule has 0 bridgehead atoms. The van der Waals surface area contributed by atoms with Crippen molar-refractivity contribution in [3.05, 3.63) is 74.7 Å². The maximum atomic E-state index is 12.4. The van der Waals surface area contributed by atoms with Crippen LogP contribution in [-0.4, -0.2) is 12.5 Å². The highest BCUT2D eigenvalue weighted by molar-refractivity contribution is 9.11. The molecule has 1 amide bonds. The van der Waals surface area contributed by atoms with Gasteiger partial charge in [0.25, 0.3) is 5.91 Å². The zero-order chi connectivity index (χ0) is 19.1. The molecule has 2 aromatic carbocycles. The Hall–Kier alpha value is -2.36. The Morgan fingerprint density at radius 2 is 2.00 bits per heavy atom. The van der Waals surface area contributed by atoms with Crippen LogP contribution < -0.4 is 10.1 Å². The minimum absolute atomic E-state index is 0.00469. The highest BCUT2D eigenvalue weighted by Crippen LogP contribution is 2.35. The van der Waals surface area contributed by atoms with E-state index in [-0.39, 0.29) is 5.57 Å². The number of anilines is 1. The van der Waals surface area contributed by atoms with E-state index in [0.717, 1.165) is 5.56 Å². The van der Waals surface area contributed by atoms with E-state index in [1.54, 1.807) is 24.3 Å². The van der Waals surface area contributed by atoms with E-state index in [4.69, 9.17) is 4.74 Å². The first-order valence-corrected chi connectivity index (χ1v) is 9.25. The minimum atomic E-state index is -0.461.